The lowest BCUT2D eigenvalue weighted by Gasteiger charge is -2.43. The molecular weight excluding hydrogens is 307 g/mol. The Bertz CT molecular complexity index is 676. The van der Waals surface area contributed by atoms with Gasteiger partial charge in [-0.1, -0.05) is 24.3 Å². The van der Waals surface area contributed by atoms with Gasteiger partial charge >= 0.3 is 0 Å². The van der Waals surface area contributed by atoms with Gasteiger partial charge in [-0.3, -0.25) is 4.90 Å². The van der Waals surface area contributed by atoms with Gasteiger partial charge in [0.05, 0.1) is 6.54 Å². The fraction of sp³-hybridized carbons (Fsp3) is 0.444. The van der Waals surface area contributed by atoms with Crippen LogP contribution >= 0.6 is 0 Å². The largest absolute Gasteiger partial charge is 0.382 e. The van der Waals surface area contributed by atoms with Gasteiger partial charge < -0.3 is 5.11 Å². The number of aromatic nitrogens is 3. The van der Waals surface area contributed by atoms with Crippen LogP contribution < -0.4 is 0 Å². The first-order valence-corrected chi connectivity index (χ1v) is 8.20. The smallest absolute Gasteiger partial charge is 0.137 e. The van der Waals surface area contributed by atoms with Gasteiger partial charge in [0.25, 0.3) is 0 Å². The van der Waals surface area contributed by atoms with Crippen LogP contribution in [0.25, 0.3) is 0 Å². The van der Waals surface area contributed by atoms with E-state index in [4.69, 9.17) is 0 Å². The van der Waals surface area contributed by atoms with Crippen LogP contribution in [0.15, 0.2) is 49.1 Å². The standard InChI is InChI=1S/C18H23FN4O/c1-14-7-9-22(10-8-14)15(2)18(24,11-23-13-20-12-21-23)16-3-5-17(19)6-4-16/h3-6,12-13,15,24H,1,7-11H2,2H3/t15-,18-/m1/s1. The highest BCUT2D eigenvalue weighted by Crippen LogP contribution is 2.32. The van der Waals surface area contributed by atoms with E-state index in [1.54, 1.807) is 23.1 Å². The summed E-state index contributed by atoms with van der Waals surface area (Å²) in [6.07, 6.45) is 4.90. The molecular formula is C18H23FN4O. The zero-order valence-electron chi connectivity index (χ0n) is 13.9. The van der Waals surface area contributed by atoms with Crippen molar-refractivity contribution < 1.29 is 9.50 Å². The van der Waals surface area contributed by atoms with Crippen molar-refractivity contribution in [1.29, 1.82) is 0 Å². The normalized spacial score (nSPS) is 19.9. The molecule has 5 nitrogen and oxygen atoms in total. The highest BCUT2D eigenvalue weighted by molar-refractivity contribution is 5.25. The van der Waals surface area contributed by atoms with Gasteiger partial charge in [-0.05, 0) is 37.5 Å². The summed E-state index contributed by atoms with van der Waals surface area (Å²) in [7, 11) is 0. The molecule has 1 N–H and O–H groups in total. The molecule has 1 aromatic heterocycles. The number of halogens is 1. The van der Waals surface area contributed by atoms with Gasteiger partial charge in [-0.25, -0.2) is 14.1 Å². The molecule has 1 aliphatic rings. The van der Waals surface area contributed by atoms with Crippen molar-refractivity contribution in [2.75, 3.05) is 13.1 Å². The van der Waals surface area contributed by atoms with E-state index in [9.17, 15) is 9.50 Å². The minimum atomic E-state index is -1.19. The third-order valence-corrected chi connectivity index (χ3v) is 4.96. The molecule has 0 spiro atoms. The molecule has 1 aliphatic heterocycles. The Kier molecular flexibility index (Phi) is 4.78. The molecule has 1 aromatic carbocycles. The second-order valence-corrected chi connectivity index (χ2v) is 6.49. The SMILES string of the molecule is C=C1CCN([C@H](C)[C@](O)(Cn2cncn2)c2ccc(F)cc2)CC1. The summed E-state index contributed by atoms with van der Waals surface area (Å²) < 4.78 is 14.9. The number of benzene rings is 1. The molecule has 0 bridgehead atoms. The van der Waals surface area contributed by atoms with Crippen molar-refractivity contribution in [3.8, 4) is 0 Å². The molecule has 0 saturated carbocycles. The topological polar surface area (TPSA) is 54.2 Å². The molecule has 0 amide bonds. The lowest BCUT2D eigenvalue weighted by molar-refractivity contribution is -0.0634. The van der Waals surface area contributed by atoms with Crippen molar-refractivity contribution in [1.82, 2.24) is 19.7 Å². The van der Waals surface area contributed by atoms with Gasteiger partial charge in [-0.2, -0.15) is 5.10 Å². The van der Waals surface area contributed by atoms with Crippen LogP contribution in [0, 0.1) is 5.82 Å². The zero-order valence-corrected chi connectivity index (χ0v) is 13.9. The minimum absolute atomic E-state index is 0.153. The minimum Gasteiger partial charge on any atom is -0.382 e. The summed E-state index contributed by atoms with van der Waals surface area (Å²) in [5.41, 5.74) is 0.733. The Hall–Kier alpha value is -2.05. The number of hydrogen-bond acceptors (Lipinski definition) is 4. The maximum atomic E-state index is 13.3. The molecule has 2 heterocycles. The van der Waals surface area contributed by atoms with Crippen LogP contribution in [0.3, 0.4) is 0 Å². The number of likely N-dealkylation sites (tertiary alicyclic amines) is 1. The molecule has 1 fully saturated rings. The van der Waals surface area contributed by atoms with Crippen molar-refractivity contribution in [3.63, 3.8) is 0 Å². The van der Waals surface area contributed by atoms with Crippen LogP contribution in [0.1, 0.15) is 25.3 Å². The third kappa shape index (κ3) is 3.39. The van der Waals surface area contributed by atoms with Gasteiger partial charge in [-0.15, -0.1) is 0 Å². The Morgan fingerprint density at radius 1 is 1.29 bits per heavy atom. The molecule has 1 saturated heterocycles. The fourth-order valence-corrected chi connectivity index (χ4v) is 3.29. The van der Waals surface area contributed by atoms with E-state index in [0.717, 1.165) is 25.9 Å². The van der Waals surface area contributed by atoms with E-state index in [-0.39, 0.29) is 18.4 Å². The maximum Gasteiger partial charge on any atom is 0.137 e. The highest BCUT2D eigenvalue weighted by Gasteiger charge is 2.40. The third-order valence-electron chi connectivity index (χ3n) is 4.96. The first-order chi connectivity index (χ1) is 11.5. The number of rotatable bonds is 5. The van der Waals surface area contributed by atoms with E-state index in [1.807, 2.05) is 6.92 Å². The number of nitrogens with zero attached hydrogens (tertiary/aromatic N) is 4. The molecule has 3 rings (SSSR count). The van der Waals surface area contributed by atoms with E-state index >= 15 is 0 Å². The Labute approximate surface area is 141 Å². The number of aliphatic hydroxyl groups is 1. The Balaban J connectivity index is 1.91. The Morgan fingerprint density at radius 2 is 1.96 bits per heavy atom. The van der Waals surface area contributed by atoms with Crippen LogP contribution in [-0.4, -0.2) is 43.9 Å². The quantitative estimate of drug-likeness (QED) is 0.855. The van der Waals surface area contributed by atoms with E-state index < -0.39 is 5.60 Å². The molecule has 2 aromatic rings. The monoisotopic (exact) mass is 330 g/mol. The molecule has 6 heteroatoms. The van der Waals surface area contributed by atoms with Crippen LogP contribution in [0.2, 0.25) is 0 Å². The average Bonchev–Trinajstić information content (AvgIpc) is 3.08. The molecule has 0 radical (unpaired) electrons. The second kappa shape index (κ2) is 6.83. The van der Waals surface area contributed by atoms with Crippen LogP contribution in [0.4, 0.5) is 4.39 Å². The molecule has 0 aliphatic carbocycles. The zero-order chi connectivity index (χ0) is 17.2. The van der Waals surface area contributed by atoms with E-state index in [2.05, 4.69) is 21.6 Å². The molecule has 128 valence electrons. The fourth-order valence-electron chi connectivity index (χ4n) is 3.29. The summed E-state index contributed by atoms with van der Waals surface area (Å²) >= 11 is 0. The van der Waals surface area contributed by atoms with Crippen molar-refractivity contribution >= 4 is 0 Å². The molecule has 2 atom stereocenters. The summed E-state index contributed by atoms with van der Waals surface area (Å²) in [6.45, 7) is 8.04. The highest BCUT2D eigenvalue weighted by atomic mass is 19.1. The summed E-state index contributed by atoms with van der Waals surface area (Å²) in [5, 5.41) is 15.7. The van der Waals surface area contributed by atoms with Gasteiger partial charge in [0.2, 0.25) is 0 Å². The van der Waals surface area contributed by atoms with Crippen LogP contribution in [0.5, 0.6) is 0 Å². The van der Waals surface area contributed by atoms with Crippen molar-refractivity contribution in [2.45, 2.75) is 38.0 Å². The summed E-state index contributed by atoms with van der Waals surface area (Å²) in [5.74, 6) is -0.316. The van der Waals surface area contributed by atoms with E-state index in [0.29, 0.717) is 5.56 Å². The predicted octanol–water partition coefficient (Wildman–Crippen LogP) is 2.35. The van der Waals surface area contributed by atoms with E-state index in [1.165, 1.54) is 24.0 Å². The second-order valence-electron chi connectivity index (χ2n) is 6.49. The Morgan fingerprint density at radius 3 is 2.54 bits per heavy atom. The van der Waals surface area contributed by atoms with Gasteiger partial charge in [0.1, 0.15) is 24.1 Å². The lowest BCUT2D eigenvalue weighted by atomic mass is 9.85. The predicted molar refractivity (Wildman–Crippen MR) is 89.7 cm³/mol. The average molecular weight is 330 g/mol. The maximum absolute atomic E-state index is 13.3. The number of piperidine rings is 1. The number of hydrogen-bond donors (Lipinski definition) is 1. The van der Waals surface area contributed by atoms with Crippen LogP contribution in [-0.2, 0) is 12.1 Å². The van der Waals surface area contributed by atoms with Gasteiger partial charge in [0.15, 0.2) is 0 Å². The van der Waals surface area contributed by atoms with Crippen molar-refractivity contribution in [3.05, 3.63) is 60.5 Å². The summed E-state index contributed by atoms with van der Waals surface area (Å²) in [6, 6.07) is 5.90. The lowest BCUT2D eigenvalue weighted by Crippen LogP contribution is -2.53. The summed E-state index contributed by atoms with van der Waals surface area (Å²) in [4.78, 5) is 6.21. The molecule has 0 unspecified atom stereocenters. The van der Waals surface area contributed by atoms with Gasteiger partial charge in [0, 0.05) is 19.1 Å². The first-order valence-electron chi connectivity index (χ1n) is 8.20. The first kappa shape index (κ1) is 16.8. The molecule has 24 heavy (non-hydrogen) atoms. The van der Waals surface area contributed by atoms with Crippen molar-refractivity contribution in [2.24, 2.45) is 0 Å².